The second kappa shape index (κ2) is 6.28. The lowest BCUT2D eigenvalue weighted by atomic mass is 10.1. The van der Waals surface area contributed by atoms with Gasteiger partial charge in [0.05, 0.1) is 11.9 Å². The topological polar surface area (TPSA) is 100 Å². The third kappa shape index (κ3) is 2.93. The van der Waals surface area contributed by atoms with Crippen molar-refractivity contribution in [1.82, 2.24) is 20.6 Å². The molecule has 8 heteroatoms. The summed E-state index contributed by atoms with van der Waals surface area (Å²) in [6.45, 7) is 3.19. The second-order valence-corrected chi connectivity index (χ2v) is 4.95. The van der Waals surface area contributed by atoms with E-state index in [1.165, 1.54) is 6.33 Å². The first kappa shape index (κ1) is 15.5. The predicted octanol–water partition coefficient (Wildman–Crippen LogP) is 0.728. The fourth-order valence-corrected chi connectivity index (χ4v) is 2.56. The molecule has 1 fully saturated rings. The Labute approximate surface area is 126 Å². The van der Waals surface area contributed by atoms with E-state index in [0.717, 1.165) is 19.4 Å². The van der Waals surface area contributed by atoms with Crippen molar-refractivity contribution in [2.75, 3.05) is 13.1 Å². The molecular weight excluding hydrogens is 296 g/mol. The number of aromatic nitrogens is 2. The van der Waals surface area contributed by atoms with Crippen molar-refractivity contribution >= 4 is 29.4 Å². The number of furan rings is 1. The minimum Gasteiger partial charge on any atom is -0.442 e. The maximum atomic E-state index is 12.3. The first-order valence-corrected chi connectivity index (χ1v) is 6.65. The fraction of sp³-hybridized carbons (Fsp3) is 0.462. The molecule has 3 heterocycles. The summed E-state index contributed by atoms with van der Waals surface area (Å²) in [7, 11) is 0. The molecule has 0 aromatic carbocycles. The van der Waals surface area contributed by atoms with Crippen LogP contribution in [0.4, 0.5) is 0 Å². The number of carbonyl (C=O) groups excluding carboxylic acids is 1. The van der Waals surface area contributed by atoms with Crippen LogP contribution in [0.3, 0.4) is 0 Å². The van der Waals surface area contributed by atoms with Gasteiger partial charge in [-0.15, -0.1) is 12.4 Å². The van der Waals surface area contributed by atoms with Crippen molar-refractivity contribution in [3.05, 3.63) is 28.0 Å². The van der Waals surface area contributed by atoms with Crippen molar-refractivity contribution in [3.63, 3.8) is 0 Å². The number of carbonyl (C=O) groups is 1. The molecule has 0 radical (unpaired) electrons. The lowest BCUT2D eigenvalue weighted by molar-refractivity contribution is 0.0950. The molecule has 21 heavy (non-hydrogen) atoms. The molecule has 2 aromatic heterocycles. The summed E-state index contributed by atoms with van der Waals surface area (Å²) in [5.74, 6) is 0.106. The number of amides is 1. The van der Waals surface area contributed by atoms with Gasteiger partial charge in [-0.3, -0.25) is 9.59 Å². The number of aryl methyl sites for hydroxylation is 1. The van der Waals surface area contributed by atoms with Gasteiger partial charge in [-0.25, -0.2) is 4.98 Å². The molecule has 114 valence electrons. The van der Waals surface area contributed by atoms with Gasteiger partial charge >= 0.3 is 0 Å². The Balaban J connectivity index is 0.00000161. The summed E-state index contributed by atoms with van der Waals surface area (Å²) in [4.78, 5) is 30.5. The molecule has 3 rings (SSSR count). The molecule has 1 atom stereocenters. The lowest BCUT2D eigenvalue weighted by Gasteiger charge is -2.11. The number of aromatic amines is 1. The summed E-state index contributed by atoms with van der Waals surface area (Å²) >= 11 is 0. The van der Waals surface area contributed by atoms with Crippen LogP contribution >= 0.6 is 12.4 Å². The molecule has 7 nitrogen and oxygen atoms in total. The van der Waals surface area contributed by atoms with E-state index in [4.69, 9.17) is 4.42 Å². The highest BCUT2D eigenvalue weighted by atomic mass is 35.5. The van der Waals surface area contributed by atoms with Crippen molar-refractivity contribution in [1.29, 1.82) is 0 Å². The first-order chi connectivity index (χ1) is 9.66. The highest BCUT2D eigenvalue weighted by Crippen LogP contribution is 2.20. The average Bonchev–Trinajstić information content (AvgIpc) is 3.03. The van der Waals surface area contributed by atoms with Crippen LogP contribution in [-0.2, 0) is 0 Å². The van der Waals surface area contributed by atoms with E-state index in [-0.39, 0.29) is 40.5 Å². The number of halogens is 1. The molecule has 2 aromatic rings. The maximum absolute atomic E-state index is 12.3. The van der Waals surface area contributed by atoms with Gasteiger partial charge in [0.2, 0.25) is 5.71 Å². The molecule has 0 spiro atoms. The predicted molar refractivity (Wildman–Crippen MR) is 80.0 cm³/mol. The summed E-state index contributed by atoms with van der Waals surface area (Å²) in [6.07, 6.45) is 3.43. The van der Waals surface area contributed by atoms with Crippen molar-refractivity contribution in [2.24, 2.45) is 0 Å². The van der Waals surface area contributed by atoms with Crippen LogP contribution in [-0.4, -0.2) is 35.0 Å². The Morgan fingerprint density at radius 2 is 2.38 bits per heavy atom. The van der Waals surface area contributed by atoms with Crippen LogP contribution in [0.25, 0.3) is 11.1 Å². The molecule has 1 unspecified atom stereocenters. The summed E-state index contributed by atoms with van der Waals surface area (Å²) < 4.78 is 5.37. The van der Waals surface area contributed by atoms with Gasteiger partial charge < -0.3 is 20.0 Å². The van der Waals surface area contributed by atoms with E-state index in [0.29, 0.717) is 18.3 Å². The van der Waals surface area contributed by atoms with E-state index >= 15 is 0 Å². The fourth-order valence-electron chi connectivity index (χ4n) is 2.56. The zero-order chi connectivity index (χ0) is 14.1. The number of H-pyrrole nitrogens is 1. The number of rotatable bonds is 3. The highest BCUT2D eigenvalue weighted by Gasteiger charge is 2.22. The molecule has 1 saturated heterocycles. The largest absolute Gasteiger partial charge is 0.442 e. The standard InChI is InChI=1S/C13H16N4O3.ClH/c1-7-9(10-12(19)16-6-17-13(10)20-7)11(18)15-5-8-3-2-4-14-8;/h6,8,14H,2-5H2,1H3,(H,15,18)(H,16,17,19);1H. The summed E-state index contributed by atoms with van der Waals surface area (Å²) in [5.41, 5.74) is 0.0960. The van der Waals surface area contributed by atoms with Crippen molar-refractivity contribution < 1.29 is 9.21 Å². The van der Waals surface area contributed by atoms with E-state index in [1.807, 2.05) is 0 Å². The zero-order valence-electron chi connectivity index (χ0n) is 11.6. The Morgan fingerprint density at radius 3 is 3.10 bits per heavy atom. The molecule has 1 aliphatic rings. The third-order valence-corrected chi connectivity index (χ3v) is 3.57. The quantitative estimate of drug-likeness (QED) is 0.776. The van der Waals surface area contributed by atoms with Gasteiger partial charge in [-0.1, -0.05) is 0 Å². The Bertz CT molecular complexity index is 703. The van der Waals surface area contributed by atoms with Gasteiger partial charge in [0.25, 0.3) is 11.5 Å². The molecule has 3 N–H and O–H groups in total. The van der Waals surface area contributed by atoms with E-state index in [2.05, 4.69) is 20.6 Å². The van der Waals surface area contributed by atoms with Crippen molar-refractivity contribution in [3.8, 4) is 0 Å². The van der Waals surface area contributed by atoms with Crippen molar-refractivity contribution in [2.45, 2.75) is 25.8 Å². The smallest absolute Gasteiger partial charge is 0.262 e. The number of fused-ring (bicyclic) bond motifs is 1. The lowest BCUT2D eigenvalue weighted by Crippen LogP contribution is -2.37. The second-order valence-electron chi connectivity index (χ2n) is 4.95. The summed E-state index contributed by atoms with van der Waals surface area (Å²) in [5, 5.41) is 6.36. The minimum atomic E-state index is -0.365. The van der Waals surface area contributed by atoms with Gasteiger partial charge in [-0.2, -0.15) is 0 Å². The van der Waals surface area contributed by atoms with E-state index in [9.17, 15) is 9.59 Å². The number of hydrogen-bond acceptors (Lipinski definition) is 5. The number of hydrogen-bond donors (Lipinski definition) is 3. The molecule has 0 bridgehead atoms. The maximum Gasteiger partial charge on any atom is 0.262 e. The van der Waals surface area contributed by atoms with Crippen LogP contribution in [0.15, 0.2) is 15.5 Å². The molecule has 1 amide bonds. The third-order valence-electron chi connectivity index (χ3n) is 3.57. The van der Waals surface area contributed by atoms with Gasteiger partial charge in [0.1, 0.15) is 11.1 Å². The summed E-state index contributed by atoms with van der Waals surface area (Å²) in [6, 6.07) is 0.300. The van der Waals surface area contributed by atoms with Crippen LogP contribution in [0.5, 0.6) is 0 Å². The van der Waals surface area contributed by atoms with Crippen LogP contribution in [0.2, 0.25) is 0 Å². The first-order valence-electron chi connectivity index (χ1n) is 6.65. The van der Waals surface area contributed by atoms with Crippen LogP contribution in [0.1, 0.15) is 29.0 Å². The van der Waals surface area contributed by atoms with Gasteiger partial charge in [-0.05, 0) is 26.3 Å². The normalized spacial score (nSPS) is 17.7. The molecule has 0 aliphatic carbocycles. The van der Waals surface area contributed by atoms with Gasteiger partial charge in [0, 0.05) is 12.6 Å². The molecular formula is C13H17ClN4O3. The average molecular weight is 313 g/mol. The Morgan fingerprint density at radius 1 is 1.57 bits per heavy atom. The number of nitrogens with zero attached hydrogens (tertiary/aromatic N) is 1. The zero-order valence-corrected chi connectivity index (χ0v) is 12.4. The monoisotopic (exact) mass is 312 g/mol. The van der Waals surface area contributed by atoms with E-state index < -0.39 is 0 Å². The molecule has 1 aliphatic heterocycles. The SMILES string of the molecule is Cc1oc2nc[nH]c(=O)c2c1C(=O)NCC1CCCN1.Cl. The molecule has 0 saturated carbocycles. The van der Waals surface area contributed by atoms with Crippen LogP contribution < -0.4 is 16.2 Å². The van der Waals surface area contributed by atoms with Crippen LogP contribution in [0, 0.1) is 6.92 Å². The van der Waals surface area contributed by atoms with Gasteiger partial charge in [0.15, 0.2) is 0 Å². The highest BCUT2D eigenvalue weighted by molar-refractivity contribution is 6.06. The number of nitrogens with one attached hydrogen (secondary N) is 3. The Kier molecular flexibility index (Phi) is 4.64. The minimum absolute atomic E-state index is 0. The Hall–Kier alpha value is -1.86. The van der Waals surface area contributed by atoms with E-state index in [1.54, 1.807) is 6.92 Å².